The fraction of sp³-hybridized carbons (Fsp3) is 0.571. The summed E-state index contributed by atoms with van der Waals surface area (Å²) in [6, 6.07) is 0. The van der Waals surface area contributed by atoms with Crippen molar-refractivity contribution in [3.05, 3.63) is 12.3 Å². The summed E-state index contributed by atoms with van der Waals surface area (Å²) in [5.74, 6) is 0.0479. The van der Waals surface area contributed by atoms with Crippen LogP contribution in [0.1, 0.15) is 19.8 Å². The van der Waals surface area contributed by atoms with Gasteiger partial charge in [0.1, 0.15) is 0 Å². The lowest BCUT2D eigenvalue weighted by molar-refractivity contribution is -0.130. The van der Waals surface area contributed by atoms with Crippen LogP contribution in [-0.4, -0.2) is 18.7 Å². The fourth-order valence-electron chi connectivity index (χ4n) is 1.02. The Kier molecular flexibility index (Phi) is 1.83. The standard InChI is InChI=1S/C7H10BNO/c1-5-3-4-6(2)9(8)7(5)10/h5H,2-4H2,1H3. The van der Waals surface area contributed by atoms with Gasteiger partial charge in [0.25, 0.3) is 0 Å². The van der Waals surface area contributed by atoms with Crippen molar-refractivity contribution >= 4 is 13.9 Å². The summed E-state index contributed by atoms with van der Waals surface area (Å²) < 4.78 is 0. The Balaban J connectivity index is 2.70. The van der Waals surface area contributed by atoms with Gasteiger partial charge in [0.2, 0.25) is 13.9 Å². The summed E-state index contributed by atoms with van der Waals surface area (Å²) >= 11 is 0. The van der Waals surface area contributed by atoms with E-state index in [0.717, 1.165) is 23.3 Å². The third kappa shape index (κ3) is 1.08. The van der Waals surface area contributed by atoms with Gasteiger partial charge >= 0.3 is 0 Å². The van der Waals surface area contributed by atoms with Crippen LogP contribution in [0.3, 0.4) is 0 Å². The van der Waals surface area contributed by atoms with Crippen molar-refractivity contribution in [3.63, 3.8) is 0 Å². The minimum absolute atomic E-state index is 0.0174. The molecule has 1 fully saturated rings. The van der Waals surface area contributed by atoms with Crippen molar-refractivity contribution in [2.75, 3.05) is 0 Å². The molecule has 0 aromatic heterocycles. The van der Waals surface area contributed by atoms with Crippen molar-refractivity contribution in [2.24, 2.45) is 5.92 Å². The monoisotopic (exact) mass is 135 g/mol. The van der Waals surface area contributed by atoms with E-state index in [1.807, 2.05) is 6.92 Å². The van der Waals surface area contributed by atoms with Crippen molar-refractivity contribution in [3.8, 4) is 0 Å². The minimum Gasteiger partial charge on any atom is -0.373 e. The number of hydrogen-bond acceptors (Lipinski definition) is 1. The molecule has 1 saturated heterocycles. The molecular weight excluding hydrogens is 125 g/mol. The molecule has 0 aliphatic carbocycles. The number of amides is 1. The molecule has 0 bridgehead atoms. The van der Waals surface area contributed by atoms with Crippen LogP contribution in [0.5, 0.6) is 0 Å². The van der Waals surface area contributed by atoms with Crippen LogP contribution < -0.4 is 0 Å². The van der Waals surface area contributed by atoms with E-state index in [1.54, 1.807) is 0 Å². The molecule has 1 unspecified atom stereocenters. The Morgan fingerprint density at radius 2 is 2.40 bits per heavy atom. The van der Waals surface area contributed by atoms with E-state index in [4.69, 9.17) is 7.98 Å². The summed E-state index contributed by atoms with van der Waals surface area (Å²) in [4.78, 5) is 12.2. The van der Waals surface area contributed by atoms with Crippen LogP contribution in [0.2, 0.25) is 0 Å². The first-order valence-corrected chi connectivity index (χ1v) is 3.39. The molecule has 1 rings (SSSR count). The van der Waals surface area contributed by atoms with Gasteiger partial charge in [0.05, 0.1) is 0 Å². The van der Waals surface area contributed by atoms with Crippen LogP contribution in [-0.2, 0) is 4.79 Å². The Hall–Kier alpha value is -0.725. The van der Waals surface area contributed by atoms with E-state index in [0.29, 0.717) is 0 Å². The molecule has 0 N–H and O–H groups in total. The predicted molar refractivity (Wildman–Crippen MR) is 40.1 cm³/mol. The average Bonchev–Trinajstić information content (AvgIpc) is 1.93. The Labute approximate surface area is 62.3 Å². The first kappa shape index (κ1) is 7.38. The van der Waals surface area contributed by atoms with Gasteiger partial charge in [0.15, 0.2) is 0 Å². The van der Waals surface area contributed by atoms with Crippen molar-refractivity contribution in [1.82, 2.24) is 4.81 Å². The summed E-state index contributed by atoms with van der Waals surface area (Å²) in [6.45, 7) is 5.54. The molecule has 2 nitrogen and oxygen atoms in total. The maximum Gasteiger partial charge on any atom is 0.238 e. The molecule has 1 atom stereocenters. The molecule has 1 aliphatic heterocycles. The molecule has 10 heavy (non-hydrogen) atoms. The van der Waals surface area contributed by atoms with Gasteiger partial charge in [-0.05, 0) is 18.5 Å². The molecule has 0 aromatic rings. The van der Waals surface area contributed by atoms with Crippen molar-refractivity contribution in [2.45, 2.75) is 19.8 Å². The van der Waals surface area contributed by atoms with E-state index in [2.05, 4.69) is 6.58 Å². The quantitative estimate of drug-likeness (QED) is 0.450. The van der Waals surface area contributed by atoms with E-state index in [1.165, 1.54) is 0 Å². The molecule has 2 radical (unpaired) electrons. The first-order chi connectivity index (χ1) is 4.63. The maximum absolute atomic E-state index is 11.1. The number of nitrogens with zero attached hydrogens (tertiary/aromatic N) is 1. The van der Waals surface area contributed by atoms with Gasteiger partial charge in [-0.2, -0.15) is 0 Å². The Morgan fingerprint density at radius 3 is 2.90 bits per heavy atom. The van der Waals surface area contributed by atoms with Crippen LogP contribution in [0, 0.1) is 5.92 Å². The number of carbonyl (C=O) groups is 1. The van der Waals surface area contributed by atoms with Gasteiger partial charge in [-0.25, -0.2) is 0 Å². The lowest BCUT2D eigenvalue weighted by Crippen LogP contribution is -2.36. The highest BCUT2D eigenvalue weighted by molar-refractivity contribution is 6.16. The first-order valence-electron chi connectivity index (χ1n) is 3.39. The second kappa shape index (κ2) is 2.49. The second-order valence-corrected chi connectivity index (χ2v) is 2.71. The Morgan fingerprint density at radius 1 is 1.80 bits per heavy atom. The van der Waals surface area contributed by atoms with Crippen LogP contribution >= 0.6 is 0 Å². The highest BCUT2D eigenvalue weighted by Gasteiger charge is 2.23. The lowest BCUT2D eigenvalue weighted by Gasteiger charge is -2.29. The SMILES string of the molecule is [B]N1C(=C)CCC(C)C1=O. The highest BCUT2D eigenvalue weighted by atomic mass is 16.2. The zero-order valence-corrected chi connectivity index (χ0v) is 6.13. The van der Waals surface area contributed by atoms with E-state index in [-0.39, 0.29) is 11.8 Å². The zero-order chi connectivity index (χ0) is 7.72. The van der Waals surface area contributed by atoms with Crippen LogP contribution in [0.4, 0.5) is 0 Å². The van der Waals surface area contributed by atoms with Gasteiger partial charge in [-0.1, -0.05) is 13.5 Å². The van der Waals surface area contributed by atoms with Crippen molar-refractivity contribution < 1.29 is 4.79 Å². The molecule has 0 saturated carbocycles. The largest absolute Gasteiger partial charge is 0.373 e. The van der Waals surface area contributed by atoms with Gasteiger partial charge in [-0.3, -0.25) is 4.79 Å². The number of piperidine rings is 1. The normalized spacial score (nSPS) is 27.3. The second-order valence-electron chi connectivity index (χ2n) is 2.71. The number of rotatable bonds is 0. The summed E-state index contributed by atoms with van der Waals surface area (Å²) in [7, 11) is 5.40. The fourth-order valence-corrected chi connectivity index (χ4v) is 1.02. The van der Waals surface area contributed by atoms with Crippen LogP contribution in [0.15, 0.2) is 12.3 Å². The maximum atomic E-state index is 11.1. The average molecular weight is 135 g/mol. The number of carbonyl (C=O) groups excluding carboxylic acids is 1. The van der Waals surface area contributed by atoms with E-state index < -0.39 is 0 Å². The summed E-state index contributed by atoms with van der Waals surface area (Å²) in [5.41, 5.74) is 0.725. The van der Waals surface area contributed by atoms with Gasteiger partial charge in [-0.15, -0.1) is 0 Å². The minimum atomic E-state index is -0.0174. The Bertz CT molecular complexity index is 178. The predicted octanol–water partition coefficient (Wildman–Crippen LogP) is 0.842. The highest BCUT2D eigenvalue weighted by Crippen LogP contribution is 2.21. The lowest BCUT2D eigenvalue weighted by atomic mass is 9.95. The zero-order valence-electron chi connectivity index (χ0n) is 6.13. The van der Waals surface area contributed by atoms with Gasteiger partial charge < -0.3 is 4.81 Å². The molecule has 1 amide bonds. The topological polar surface area (TPSA) is 20.3 Å². The summed E-state index contributed by atoms with van der Waals surface area (Å²) in [6.07, 6.45) is 1.72. The molecule has 0 spiro atoms. The third-order valence-corrected chi connectivity index (χ3v) is 1.87. The number of allylic oxidation sites excluding steroid dienone is 1. The molecular formula is C7H10BNO. The van der Waals surface area contributed by atoms with Crippen molar-refractivity contribution in [1.29, 1.82) is 0 Å². The van der Waals surface area contributed by atoms with Gasteiger partial charge in [0, 0.05) is 5.92 Å². The molecule has 1 heterocycles. The molecule has 0 aromatic carbocycles. The van der Waals surface area contributed by atoms with Crippen LogP contribution in [0.25, 0.3) is 0 Å². The summed E-state index contributed by atoms with van der Waals surface area (Å²) in [5, 5.41) is 0. The third-order valence-electron chi connectivity index (χ3n) is 1.87. The molecule has 1 aliphatic rings. The van der Waals surface area contributed by atoms with E-state index in [9.17, 15) is 4.79 Å². The molecule has 52 valence electrons. The van der Waals surface area contributed by atoms with E-state index >= 15 is 0 Å². The molecule has 3 heteroatoms. The number of hydrogen-bond donors (Lipinski definition) is 0. The smallest absolute Gasteiger partial charge is 0.238 e.